The van der Waals surface area contributed by atoms with Crippen molar-refractivity contribution in [3.8, 4) is 17.0 Å². The molecule has 3 heterocycles. The third-order valence-electron chi connectivity index (χ3n) is 6.60. The molecular formula is C27H28N4O2. The second kappa shape index (κ2) is 9.16. The van der Waals surface area contributed by atoms with Gasteiger partial charge in [0.2, 0.25) is 0 Å². The first kappa shape index (κ1) is 21.3. The van der Waals surface area contributed by atoms with Crippen molar-refractivity contribution in [1.29, 1.82) is 0 Å². The Balaban J connectivity index is 1.32. The topological polar surface area (TPSA) is 82.1 Å². The van der Waals surface area contributed by atoms with Gasteiger partial charge in [-0.2, -0.15) is 5.10 Å². The smallest absolute Gasteiger partial charge is 0.182 e. The molecule has 4 aromatic rings. The molecule has 1 aliphatic heterocycles. The van der Waals surface area contributed by atoms with E-state index in [2.05, 4.69) is 44.3 Å². The molecule has 0 spiro atoms. The van der Waals surface area contributed by atoms with Gasteiger partial charge in [0.15, 0.2) is 11.4 Å². The predicted molar refractivity (Wildman–Crippen MR) is 129 cm³/mol. The van der Waals surface area contributed by atoms with Gasteiger partial charge in [-0.05, 0) is 74.7 Å². The number of hydrogen-bond donors (Lipinski definition) is 2. The fraction of sp³-hybridized carbons (Fsp3) is 0.296. The van der Waals surface area contributed by atoms with Gasteiger partial charge < -0.3 is 5.11 Å². The number of Topliss-reactive ketones (excluding diaryl/α,β-unsaturated/α-hetero) is 1. The van der Waals surface area contributed by atoms with Crippen LogP contribution in [0, 0.1) is 12.8 Å². The molecule has 6 heteroatoms. The van der Waals surface area contributed by atoms with E-state index in [-0.39, 0.29) is 11.5 Å². The van der Waals surface area contributed by atoms with Crippen molar-refractivity contribution in [1.82, 2.24) is 20.1 Å². The molecule has 0 atom stereocenters. The first-order valence-corrected chi connectivity index (χ1v) is 11.5. The number of phenolic OH excluding ortho intramolecular Hbond substituents is 1. The number of likely N-dealkylation sites (tertiary alicyclic amines) is 1. The van der Waals surface area contributed by atoms with Crippen LogP contribution in [0.5, 0.6) is 5.75 Å². The summed E-state index contributed by atoms with van der Waals surface area (Å²) in [7, 11) is 0. The number of aromatic hydroxyl groups is 1. The summed E-state index contributed by atoms with van der Waals surface area (Å²) in [6.45, 7) is 4.93. The molecular weight excluding hydrogens is 412 g/mol. The SMILES string of the molecule is Cc1[nH]nc2nc(-c3ccc(O)cc3)cc(C(=O)CC3CCN(Cc4ccccc4)CC3)c12. The Morgan fingerprint density at radius 2 is 1.82 bits per heavy atom. The highest BCUT2D eigenvalue weighted by Crippen LogP contribution is 2.30. The lowest BCUT2D eigenvalue weighted by Gasteiger charge is -2.31. The van der Waals surface area contributed by atoms with E-state index < -0.39 is 0 Å². The Labute approximate surface area is 193 Å². The molecule has 0 aliphatic carbocycles. The predicted octanol–water partition coefficient (Wildman–Crippen LogP) is 5.12. The summed E-state index contributed by atoms with van der Waals surface area (Å²) in [5.41, 5.74) is 4.97. The highest BCUT2D eigenvalue weighted by molar-refractivity contribution is 6.08. The Bertz CT molecular complexity index is 1260. The van der Waals surface area contributed by atoms with Gasteiger partial charge in [-0.3, -0.25) is 14.8 Å². The Hall–Kier alpha value is -3.51. The molecule has 2 aromatic heterocycles. The van der Waals surface area contributed by atoms with Crippen LogP contribution in [0.3, 0.4) is 0 Å². The number of pyridine rings is 1. The second-order valence-electron chi connectivity index (χ2n) is 8.98. The number of piperidine rings is 1. The first-order chi connectivity index (χ1) is 16.1. The van der Waals surface area contributed by atoms with Crippen LogP contribution < -0.4 is 0 Å². The molecule has 0 amide bonds. The lowest BCUT2D eigenvalue weighted by atomic mass is 9.88. The minimum absolute atomic E-state index is 0.147. The number of phenols is 1. The summed E-state index contributed by atoms with van der Waals surface area (Å²) in [6, 6.07) is 19.3. The number of aromatic amines is 1. The molecule has 1 fully saturated rings. The van der Waals surface area contributed by atoms with Crippen LogP contribution in [0.2, 0.25) is 0 Å². The van der Waals surface area contributed by atoms with Crippen LogP contribution in [0.4, 0.5) is 0 Å². The third-order valence-corrected chi connectivity index (χ3v) is 6.60. The number of rotatable bonds is 6. The molecule has 5 rings (SSSR count). The van der Waals surface area contributed by atoms with Crippen LogP contribution in [-0.4, -0.2) is 44.1 Å². The zero-order valence-electron chi connectivity index (χ0n) is 18.8. The quantitative estimate of drug-likeness (QED) is 0.407. The number of carbonyl (C=O) groups is 1. The lowest BCUT2D eigenvalue weighted by Crippen LogP contribution is -2.33. The van der Waals surface area contributed by atoms with E-state index in [9.17, 15) is 9.90 Å². The highest BCUT2D eigenvalue weighted by Gasteiger charge is 2.24. The van der Waals surface area contributed by atoms with Crippen LogP contribution >= 0.6 is 0 Å². The van der Waals surface area contributed by atoms with Gasteiger partial charge in [-0.1, -0.05) is 30.3 Å². The number of hydrogen-bond acceptors (Lipinski definition) is 5. The first-order valence-electron chi connectivity index (χ1n) is 11.5. The van der Waals surface area contributed by atoms with E-state index in [1.165, 1.54) is 5.56 Å². The van der Waals surface area contributed by atoms with Gasteiger partial charge in [0, 0.05) is 29.8 Å². The molecule has 2 aromatic carbocycles. The summed E-state index contributed by atoms with van der Waals surface area (Å²) in [5.74, 6) is 0.732. The van der Waals surface area contributed by atoms with Crippen LogP contribution in [-0.2, 0) is 6.54 Å². The number of H-pyrrole nitrogens is 1. The molecule has 0 radical (unpaired) electrons. The zero-order chi connectivity index (χ0) is 22.8. The normalized spacial score (nSPS) is 15.2. The van der Waals surface area contributed by atoms with Gasteiger partial charge in [0.05, 0.1) is 11.1 Å². The third kappa shape index (κ3) is 4.66. The van der Waals surface area contributed by atoms with Gasteiger partial charge in [-0.25, -0.2) is 4.98 Å². The van der Waals surface area contributed by atoms with E-state index in [0.29, 0.717) is 29.2 Å². The van der Waals surface area contributed by atoms with Crippen LogP contribution in [0.15, 0.2) is 60.7 Å². The molecule has 0 saturated carbocycles. The fourth-order valence-electron chi connectivity index (χ4n) is 4.74. The van der Waals surface area contributed by atoms with Crippen molar-refractivity contribution < 1.29 is 9.90 Å². The summed E-state index contributed by atoms with van der Waals surface area (Å²) < 4.78 is 0. The fourth-order valence-corrected chi connectivity index (χ4v) is 4.74. The molecule has 6 nitrogen and oxygen atoms in total. The molecule has 2 N–H and O–H groups in total. The summed E-state index contributed by atoms with van der Waals surface area (Å²) in [6.07, 6.45) is 2.60. The van der Waals surface area contributed by atoms with Crippen LogP contribution in [0.1, 0.15) is 40.9 Å². The average Bonchev–Trinajstić information content (AvgIpc) is 3.21. The summed E-state index contributed by atoms with van der Waals surface area (Å²) in [4.78, 5) is 20.6. The van der Waals surface area contributed by atoms with Crippen molar-refractivity contribution in [3.05, 3.63) is 77.5 Å². The monoisotopic (exact) mass is 440 g/mol. The van der Waals surface area contributed by atoms with E-state index >= 15 is 0 Å². The molecule has 1 saturated heterocycles. The molecule has 0 bridgehead atoms. The Morgan fingerprint density at radius 3 is 2.55 bits per heavy atom. The average molecular weight is 441 g/mol. The van der Waals surface area contributed by atoms with E-state index in [1.54, 1.807) is 24.3 Å². The van der Waals surface area contributed by atoms with Crippen molar-refractivity contribution in [2.45, 2.75) is 32.7 Å². The minimum Gasteiger partial charge on any atom is -0.508 e. The Morgan fingerprint density at radius 1 is 1.09 bits per heavy atom. The highest BCUT2D eigenvalue weighted by atomic mass is 16.3. The van der Waals surface area contributed by atoms with Gasteiger partial charge in [0.1, 0.15) is 5.75 Å². The number of benzene rings is 2. The molecule has 168 valence electrons. The summed E-state index contributed by atoms with van der Waals surface area (Å²) >= 11 is 0. The van der Waals surface area contributed by atoms with Crippen molar-refractivity contribution in [3.63, 3.8) is 0 Å². The number of ketones is 1. The van der Waals surface area contributed by atoms with Gasteiger partial charge >= 0.3 is 0 Å². The second-order valence-corrected chi connectivity index (χ2v) is 8.98. The molecule has 0 unspecified atom stereocenters. The van der Waals surface area contributed by atoms with Crippen LogP contribution in [0.25, 0.3) is 22.3 Å². The van der Waals surface area contributed by atoms with E-state index in [4.69, 9.17) is 0 Å². The molecule has 33 heavy (non-hydrogen) atoms. The lowest BCUT2D eigenvalue weighted by molar-refractivity contribution is 0.0926. The maximum absolute atomic E-state index is 13.5. The van der Waals surface area contributed by atoms with E-state index in [0.717, 1.165) is 49.1 Å². The molecule has 1 aliphatic rings. The number of nitrogens with one attached hydrogen (secondary N) is 1. The number of carbonyl (C=O) groups excluding carboxylic acids is 1. The minimum atomic E-state index is 0.147. The Kier molecular flexibility index (Phi) is 5.92. The number of nitrogens with zero attached hydrogens (tertiary/aromatic N) is 3. The standard InChI is InChI=1S/C27H28N4O2/c1-18-26-23(16-24(28-27(26)30-29-18)21-7-9-22(32)10-8-21)25(33)15-19-11-13-31(14-12-19)17-20-5-3-2-4-6-20/h2-10,16,19,32H,11-15,17H2,1H3,(H,28,29,30). The number of aryl methyl sites for hydroxylation is 1. The maximum atomic E-state index is 13.5. The zero-order valence-corrected chi connectivity index (χ0v) is 18.8. The largest absolute Gasteiger partial charge is 0.508 e. The van der Waals surface area contributed by atoms with Gasteiger partial charge in [0.25, 0.3) is 0 Å². The van der Waals surface area contributed by atoms with E-state index in [1.807, 2.05) is 19.1 Å². The number of fused-ring (bicyclic) bond motifs is 1. The van der Waals surface area contributed by atoms with Crippen molar-refractivity contribution in [2.24, 2.45) is 5.92 Å². The van der Waals surface area contributed by atoms with Crippen molar-refractivity contribution in [2.75, 3.05) is 13.1 Å². The summed E-state index contributed by atoms with van der Waals surface area (Å²) in [5, 5.41) is 17.7. The van der Waals surface area contributed by atoms with Crippen molar-refractivity contribution >= 4 is 16.8 Å². The van der Waals surface area contributed by atoms with Gasteiger partial charge in [-0.15, -0.1) is 0 Å². The maximum Gasteiger partial charge on any atom is 0.182 e. The number of aromatic nitrogens is 3.